The SMILES string of the molecule is [In+3].[O-2].[O-2].[Ta+5]. The van der Waals surface area contributed by atoms with Crippen molar-refractivity contribution in [3.05, 3.63) is 0 Å². The van der Waals surface area contributed by atoms with Gasteiger partial charge in [-0.25, -0.2) is 0 Å². The topological polar surface area (TPSA) is 57.0 Å². The van der Waals surface area contributed by atoms with E-state index in [4.69, 9.17) is 0 Å². The summed E-state index contributed by atoms with van der Waals surface area (Å²) >= 11 is 0. The summed E-state index contributed by atoms with van der Waals surface area (Å²) in [4.78, 5) is 0. The molecule has 0 aliphatic rings. The van der Waals surface area contributed by atoms with Crippen LogP contribution in [0.15, 0.2) is 0 Å². The van der Waals surface area contributed by atoms with Crippen LogP contribution in [0.3, 0.4) is 0 Å². The van der Waals surface area contributed by atoms with Gasteiger partial charge < -0.3 is 11.0 Å². The maximum absolute atomic E-state index is 0. The number of rotatable bonds is 0. The first kappa shape index (κ1) is 48.5. The minimum atomic E-state index is 0. The number of hydrogen-bond donors (Lipinski definition) is 0. The zero-order chi connectivity index (χ0) is 0. The Labute approximate surface area is 58.9 Å². The summed E-state index contributed by atoms with van der Waals surface area (Å²) in [6.45, 7) is 0. The van der Waals surface area contributed by atoms with Crippen LogP contribution in [0.4, 0.5) is 0 Å². The second-order valence-corrected chi connectivity index (χ2v) is 0. The van der Waals surface area contributed by atoms with Gasteiger partial charge >= 0.3 is 48.2 Å². The van der Waals surface area contributed by atoms with Crippen molar-refractivity contribution in [2.45, 2.75) is 0 Å². The average Bonchev–Trinajstić information content (AvgIpc) is 0. The van der Waals surface area contributed by atoms with Crippen molar-refractivity contribution in [2.75, 3.05) is 0 Å². The molecule has 0 N–H and O–H groups in total. The Balaban J connectivity index is 0. The molecule has 0 saturated heterocycles. The maximum atomic E-state index is 0. The fourth-order valence-corrected chi connectivity index (χ4v) is 0. The van der Waals surface area contributed by atoms with Crippen LogP contribution in [0.25, 0.3) is 0 Å². The van der Waals surface area contributed by atoms with Crippen molar-refractivity contribution in [3.8, 4) is 0 Å². The fraction of sp³-hybridized carbons (Fsp3) is 0. The van der Waals surface area contributed by atoms with Crippen molar-refractivity contribution in [3.63, 3.8) is 0 Å². The Hall–Kier alpha value is 1.53. The van der Waals surface area contributed by atoms with Crippen molar-refractivity contribution < 1.29 is 33.3 Å². The summed E-state index contributed by atoms with van der Waals surface area (Å²) in [5.41, 5.74) is 0. The van der Waals surface area contributed by atoms with E-state index in [0.717, 1.165) is 0 Å². The average molecular weight is 328 g/mol. The van der Waals surface area contributed by atoms with Gasteiger partial charge in [-0.2, -0.15) is 0 Å². The second-order valence-electron chi connectivity index (χ2n) is 0. The zero-order valence-corrected chi connectivity index (χ0v) is 8.35. The van der Waals surface area contributed by atoms with Gasteiger partial charge in [0.2, 0.25) is 0 Å². The Morgan fingerprint density at radius 3 is 0.750 bits per heavy atom. The Morgan fingerprint density at radius 2 is 0.750 bits per heavy atom. The van der Waals surface area contributed by atoms with Crippen LogP contribution in [0.2, 0.25) is 0 Å². The summed E-state index contributed by atoms with van der Waals surface area (Å²) < 4.78 is 0. The van der Waals surface area contributed by atoms with E-state index in [1.165, 1.54) is 0 Å². The van der Waals surface area contributed by atoms with Gasteiger partial charge in [0.15, 0.2) is 0 Å². The maximum Gasteiger partial charge on any atom is 5.00 e. The molecule has 0 spiro atoms. The first-order chi connectivity index (χ1) is 0. The van der Waals surface area contributed by atoms with Gasteiger partial charge in [0.1, 0.15) is 0 Å². The molecule has 2 nitrogen and oxygen atoms in total. The largest absolute Gasteiger partial charge is 5.00 e. The molecule has 0 unspecified atom stereocenters. The molecule has 0 saturated carbocycles. The van der Waals surface area contributed by atoms with E-state index in [9.17, 15) is 0 Å². The molecule has 0 heterocycles. The quantitative estimate of drug-likeness (QED) is 0.569. The zero-order valence-electron chi connectivity index (χ0n) is 1.84. The first-order valence-corrected chi connectivity index (χ1v) is 0. The normalized spacial score (nSPS) is 0. The molecular weight excluding hydrogens is 328 g/mol. The van der Waals surface area contributed by atoms with Crippen LogP contribution in [-0.4, -0.2) is 25.8 Å². The summed E-state index contributed by atoms with van der Waals surface area (Å²) in [5.74, 6) is 0. The van der Waals surface area contributed by atoms with E-state index in [1.54, 1.807) is 0 Å². The molecule has 0 aromatic carbocycles. The van der Waals surface area contributed by atoms with Crippen molar-refractivity contribution >= 4 is 25.8 Å². The summed E-state index contributed by atoms with van der Waals surface area (Å²) in [6, 6.07) is 0. The van der Waals surface area contributed by atoms with Crippen molar-refractivity contribution in [1.82, 2.24) is 0 Å². The molecule has 0 rings (SSSR count). The van der Waals surface area contributed by atoms with Gasteiger partial charge in [-0.15, -0.1) is 0 Å². The van der Waals surface area contributed by atoms with Crippen molar-refractivity contribution in [2.24, 2.45) is 0 Å². The standard InChI is InChI=1S/In.2O.Ta/q+3;2*-2;+5. The Bertz CT molecular complexity index is 6.00. The van der Waals surface area contributed by atoms with Gasteiger partial charge in [0.25, 0.3) is 0 Å². The fourth-order valence-electron chi connectivity index (χ4n) is 0. The van der Waals surface area contributed by atoms with Gasteiger partial charge in [-0.05, 0) is 0 Å². The molecule has 16 valence electrons. The molecule has 0 amide bonds. The molecule has 0 bridgehead atoms. The van der Waals surface area contributed by atoms with E-state index in [1.807, 2.05) is 0 Å². The molecular formula is InO2Ta+4. The van der Waals surface area contributed by atoms with Gasteiger partial charge in [-0.3, -0.25) is 0 Å². The molecule has 0 fully saturated rings. The minimum Gasteiger partial charge on any atom is -2.00 e. The van der Waals surface area contributed by atoms with Crippen LogP contribution in [0.1, 0.15) is 0 Å². The summed E-state index contributed by atoms with van der Waals surface area (Å²) in [7, 11) is 0. The smallest absolute Gasteiger partial charge is 2.00 e. The van der Waals surface area contributed by atoms with Gasteiger partial charge in [0.05, 0.1) is 0 Å². The van der Waals surface area contributed by atoms with E-state index < -0.39 is 0 Å². The third kappa shape index (κ3) is 9.65. The van der Waals surface area contributed by atoms with Gasteiger partial charge in [-0.1, -0.05) is 0 Å². The molecule has 0 aliphatic heterocycles. The van der Waals surface area contributed by atoms with E-state index in [-0.39, 0.29) is 59.2 Å². The summed E-state index contributed by atoms with van der Waals surface area (Å²) in [5, 5.41) is 0. The predicted octanol–water partition coefficient (Wildman–Crippen LogP) is -0.621. The Morgan fingerprint density at radius 1 is 0.750 bits per heavy atom. The van der Waals surface area contributed by atoms with E-state index in [0.29, 0.717) is 0 Å². The van der Waals surface area contributed by atoms with E-state index in [2.05, 4.69) is 0 Å². The molecule has 0 aromatic rings. The molecule has 4 heteroatoms. The first-order valence-electron chi connectivity index (χ1n) is 0. The molecule has 0 aliphatic carbocycles. The number of hydrogen-bond acceptors (Lipinski definition) is 0. The van der Waals surface area contributed by atoms with E-state index >= 15 is 0 Å². The monoisotopic (exact) mass is 328 g/mol. The van der Waals surface area contributed by atoms with Crippen LogP contribution in [-0.2, 0) is 33.3 Å². The third-order valence-electron chi connectivity index (χ3n) is 0. The molecule has 0 atom stereocenters. The van der Waals surface area contributed by atoms with Crippen LogP contribution in [0, 0.1) is 0 Å². The van der Waals surface area contributed by atoms with Crippen LogP contribution >= 0.6 is 0 Å². The third-order valence-corrected chi connectivity index (χ3v) is 0. The van der Waals surface area contributed by atoms with Crippen LogP contribution in [0.5, 0.6) is 0 Å². The summed E-state index contributed by atoms with van der Waals surface area (Å²) in [6.07, 6.45) is 0. The Kier molecular flexibility index (Phi) is 292. The predicted molar refractivity (Wildman–Crippen MR) is 7.13 cm³/mol. The van der Waals surface area contributed by atoms with Crippen LogP contribution < -0.4 is 0 Å². The molecule has 0 aromatic heterocycles. The molecule has 0 radical (unpaired) electrons. The van der Waals surface area contributed by atoms with Gasteiger partial charge in [0, 0.05) is 0 Å². The molecule has 4 heavy (non-hydrogen) atoms. The second kappa shape index (κ2) is 24.1. The van der Waals surface area contributed by atoms with Crippen molar-refractivity contribution in [1.29, 1.82) is 0 Å². The minimum absolute atomic E-state index is 0.